The van der Waals surface area contributed by atoms with Crippen molar-refractivity contribution < 1.29 is 8.78 Å². The zero-order valence-electron chi connectivity index (χ0n) is 9.46. The maximum Gasteiger partial charge on any atom is 0.251 e. The van der Waals surface area contributed by atoms with Crippen LogP contribution in [0.3, 0.4) is 0 Å². The largest absolute Gasteiger partial charge is 0.251 e. The molecule has 1 aromatic heterocycles. The Kier molecular flexibility index (Phi) is 3.25. The van der Waals surface area contributed by atoms with Crippen LogP contribution in [0.2, 0.25) is 0 Å². The van der Waals surface area contributed by atoms with Crippen molar-refractivity contribution in [3.8, 4) is 6.07 Å². The molecule has 0 aromatic carbocycles. The number of nitrogens with zero attached hydrogens (tertiary/aromatic N) is 2. The van der Waals surface area contributed by atoms with Crippen LogP contribution in [0, 0.1) is 18.3 Å². The first kappa shape index (κ1) is 12.2. The van der Waals surface area contributed by atoms with E-state index in [9.17, 15) is 8.78 Å². The second-order valence-corrected chi connectivity index (χ2v) is 5.13. The minimum Gasteiger partial charge on any atom is -0.241 e. The summed E-state index contributed by atoms with van der Waals surface area (Å²) < 4.78 is 26.6. The third-order valence-electron chi connectivity index (χ3n) is 2.79. The quantitative estimate of drug-likeness (QED) is 0.712. The predicted octanol–water partition coefficient (Wildman–Crippen LogP) is 3.94. The lowest BCUT2D eigenvalue weighted by molar-refractivity contribution is -0.0183. The predicted molar refractivity (Wildman–Crippen MR) is 62.8 cm³/mol. The molecule has 0 atom stereocenters. The molecule has 0 N–H and O–H groups in total. The van der Waals surface area contributed by atoms with Gasteiger partial charge in [-0.25, -0.2) is 13.8 Å². The molecule has 1 saturated carbocycles. The fourth-order valence-corrected chi connectivity index (χ4v) is 2.85. The summed E-state index contributed by atoms with van der Waals surface area (Å²) in [7, 11) is 0. The van der Waals surface area contributed by atoms with Crippen LogP contribution in [0.1, 0.15) is 36.4 Å². The van der Waals surface area contributed by atoms with Crippen LogP contribution in [-0.4, -0.2) is 10.9 Å². The summed E-state index contributed by atoms with van der Waals surface area (Å²) in [6, 6.07) is 2.03. The van der Waals surface area contributed by atoms with Crippen molar-refractivity contribution in [3.05, 3.63) is 21.7 Å². The van der Waals surface area contributed by atoms with Crippen LogP contribution in [0.25, 0.3) is 5.57 Å². The van der Waals surface area contributed by atoms with E-state index < -0.39 is 5.92 Å². The van der Waals surface area contributed by atoms with E-state index in [2.05, 4.69) is 4.98 Å². The van der Waals surface area contributed by atoms with Crippen LogP contribution in [0.4, 0.5) is 8.78 Å². The van der Waals surface area contributed by atoms with Crippen LogP contribution < -0.4 is 0 Å². The molecule has 90 valence electrons. The Morgan fingerprint density at radius 1 is 1.59 bits per heavy atom. The molecular formula is C12H12F2N2S. The molecule has 1 aromatic rings. The van der Waals surface area contributed by atoms with E-state index in [0.29, 0.717) is 29.0 Å². The minimum absolute atomic E-state index is 0.0773. The van der Waals surface area contributed by atoms with Crippen molar-refractivity contribution in [1.82, 2.24) is 4.98 Å². The highest BCUT2D eigenvalue weighted by atomic mass is 32.1. The summed E-state index contributed by atoms with van der Waals surface area (Å²) in [6.07, 6.45) is 0.648. The first-order valence-electron chi connectivity index (χ1n) is 5.44. The number of alkyl halides is 2. The molecule has 1 fully saturated rings. The van der Waals surface area contributed by atoms with Crippen molar-refractivity contribution in [2.75, 3.05) is 0 Å². The fourth-order valence-electron chi connectivity index (χ4n) is 2.01. The summed E-state index contributed by atoms with van der Waals surface area (Å²) in [5, 5.41) is 11.5. The first-order valence-corrected chi connectivity index (χ1v) is 6.32. The van der Waals surface area contributed by atoms with E-state index in [1.54, 1.807) is 0 Å². The third-order valence-corrected chi connectivity index (χ3v) is 3.77. The van der Waals surface area contributed by atoms with Gasteiger partial charge in [0.2, 0.25) is 0 Å². The van der Waals surface area contributed by atoms with Gasteiger partial charge in [-0.3, -0.25) is 0 Å². The van der Waals surface area contributed by atoms with Crippen molar-refractivity contribution in [2.24, 2.45) is 0 Å². The lowest BCUT2D eigenvalue weighted by atomic mass is 9.89. The van der Waals surface area contributed by atoms with Gasteiger partial charge in [0, 0.05) is 23.9 Å². The highest BCUT2D eigenvalue weighted by Crippen LogP contribution is 2.39. The van der Waals surface area contributed by atoms with Gasteiger partial charge < -0.3 is 0 Å². The maximum absolute atomic E-state index is 13.3. The topological polar surface area (TPSA) is 36.7 Å². The average molecular weight is 254 g/mol. The molecule has 5 heteroatoms. The Hall–Kier alpha value is -1.28. The Labute approximate surface area is 103 Å². The second-order valence-electron chi connectivity index (χ2n) is 4.27. The lowest BCUT2D eigenvalue weighted by Crippen LogP contribution is -2.21. The smallest absolute Gasteiger partial charge is 0.241 e. The van der Waals surface area contributed by atoms with Gasteiger partial charge in [0.25, 0.3) is 5.92 Å². The Morgan fingerprint density at radius 2 is 2.35 bits per heavy atom. The molecule has 0 spiro atoms. The van der Waals surface area contributed by atoms with Crippen LogP contribution >= 0.6 is 11.3 Å². The number of aryl methyl sites for hydroxylation is 1. The summed E-state index contributed by atoms with van der Waals surface area (Å²) in [4.78, 5) is 4.20. The van der Waals surface area contributed by atoms with Gasteiger partial charge in [-0.1, -0.05) is 0 Å². The number of halogens is 2. The number of allylic oxidation sites excluding steroid dienone is 2. The van der Waals surface area contributed by atoms with Gasteiger partial charge >= 0.3 is 0 Å². The van der Waals surface area contributed by atoms with Crippen LogP contribution in [0.15, 0.2) is 11.0 Å². The second kappa shape index (κ2) is 4.53. The molecule has 0 aliphatic heterocycles. The number of nitriles is 1. The molecule has 0 amide bonds. The normalized spacial score (nSPS) is 22.0. The van der Waals surface area contributed by atoms with Crippen molar-refractivity contribution in [3.63, 3.8) is 0 Å². The highest BCUT2D eigenvalue weighted by molar-refractivity contribution is 7.10. The van der Waals surface area contributed by atoms with Gasteiger partial charge in [0.05, 0.1) is 5.57 Å². The van der Waals surface area contributed by atoms with Crippen LogP contribution in [-0.2, 0) is 0 Å². The van der Waals surface area contributed by atoms with Gasteiger partial charge in [-0.2, -0.15) is 5.26 Å². The Bertz CT molecular complexity index is 497. The molecule has 0 unspecified atom stereocenters. The Balaban J connectivity index is 2.37. The van der Waals surface area contributed by atoms with E-state index in [4.69, 9.17) is 5.26 Å². The summed E-state index contributed by atoms with van der Waals surface area (Å²) in [6.45, 7) is 1.83. The van der Waals surface area contributed by atoms with Gasteiger partial charge in [-0.15, -0.1) is 11.3 Å². The molecule has 0 bridgehead atoms. The monoisotopic (exact) mass is 254 g/mol. The molecule has 1 heterocycles. The van der Waals surface area contributed by atoms with E-state index in [-0.39, 0.29) is 12.8 Å². The summed E-state index contributed by atoms with van der Waals surface area (Å²) in [5.74, 6) is -2.66. The van der Waals surface area contributed by atoms with Crippen LogP contribution in [0.5, 0.6) is 0 Å². The van der Waals surface area contributed by atoms with Crippen molar-refractivity contribution >= 4 is 16.9 Å². The number of thiazole rings is 1. The Morgan fingerprint density at radius 3 is 2.88 bits per heavy atom. The molecule has 1 aliphatic carbocycles. The van der Waals surface area contributed by atoms with E-state index in [1.807, 2.05) is 18.4 Å². The van der Waals surface area contributed by atoms with E-state index >= 15 is 0 Å². The zero-order valence-corrected chi connectivity index (χ0v) is 10.3. The highest BCUT2D eigenvalue weighted by Gasteiger charge is 2.35. The number of hydrogen-bond donors (Lipinski definition) is 0. The number of aromatic nitrogens is 1. The summed E-state index contributed by atoms with van der Waals surface area (Å²) >= 11 is 1.34. The molecule has 2 nitrogen and oxygen atoms in total. The molecular weight excluding hydrogens is 242 g/mol. The standard InChI is InChI=1S/C12H12F2N2S/c1-8-7-17-11(16-8)10(6-15)9-3-2-4-12(13,14)5-9/h7H,2-5H2,1H3. The van der Waals surface area contributed by atoms with Crippen molar-refractivity contribution in [1.29, 1.82) is 5.26 Å². The van der Waals surface area contributed by atoms with Crippen molar-refractivity contribution in [2.45, 2.75) is 38.5 Å². The fraction of sp³-hybridized carbons (Fsp3) is 0.500. The van der Waals surface area contributed by atoms with E-state index in [1.165, 1.54) is 11.3 Å². The molecule has 1 aliphatic rings. The molecule has 17 heavy (non-hydrogen) atoms. The molecule has 2 rings (SSSR count). The summed E-state index contributed by atoms with van der Waals surface area (Å²) in [5.41, 5.74) is 1.72. The van der Waals surface area contributed by atoms with E-state index in [0.717, 1.165) is 5.69 Å². The van der Waals surface area contributed by atoms with Gasteiger partial charge in [0.1, 0.15) is 11.1 Å². The molecule has 0 radical (unpaired) electrons. The molecule has 0 saturated heterocycles. The number of hydrogen-bond acceptors (Lipinski definition) is 3. The SMILES string of the molecule is Cc1csc(C(C#N)=C2CCCC(F)(F)C2)n1. The average Bonchev–Trinajstić information content (AvgIpc) is 2.64. The third kappa shape index (κ3) is 2.70. The van der Waals surface area contributed by atoms with Gasteiger partial charge in [-0.05, 0) is 25.3 Å². The zero-order chi connectivity index (χ0) is 12.5. The lowest BCUT2D eigenvalue weighted by Gasteiger charge is -2.24. The van der Waals surface area contributed by atoms with Gasteiger partial charge in [0.15, 0.2) is 0 Å². The maximum atomic E-state index is 13.3. The first-order chi connectivity index (χ1) is 8.02. The minimum atomic E-state index is -2.66. The number of rotatable bonds is 1.